The highest BCUT2D eigenvalue weighted by Gasteiger charge is 2.28. The van der Waals surface area contributed by atoms with Crippen LogP contribution in [0.5, 0.6) is 0 Å². The molecule has 0 spiro atoms. The molecule has 4 heteroatoms. The van der Waals surface area contributed by atoms with Crippen molar-refractivity contribution in [3.8, 4) is 0 Å². The van der Waals surface area contributed by atoms with Gasteiger partial charge in [0.1, 0.15) is 0 Å². The van der Waals surface area contributed by atoms with E-state index < -0.39 is 0 Å². The van der Waals surface area contributed by atoms with E-state index in [2.05, 4.69) is 44.8 Å². The number of hydrogen-bond acceptors (Lipinski definition) is 4. The lowest BCUT2D eigenvalue weighted by atomic mass is 10.0. The maximum Gasteiger partial charge on any atom is 0.185 e. The molecule has 0 radical (unpaired) electrons. The van der Waals surface area contributed by atoms with E-state index in [4.69, 9.17) is 4.98 Å². The van der Waals surface area contributed by atoms with Gasteiger partial charge in [0.2, 0.25) is 0 Å². The van der Waals surface area contributed by atoms with Crippen molar-refractivity contribution in [2.75, 3.05) is 24.5 Å². The smallest absolute Gasteiger partial charge is 0.185 e. The predicted molar refractivity (Wildman–Crippen MR) is 84.1 cm³/mol. The van der Waals surface area contributed by atoms with Crippen molar-refractivity contribution in [2.45, 2.75) is 47.1 Å². The van der Waals surface area contributed by atoms with Gasteiger partial charge >= 0.3 is 0 Å². The molecular weight excluding hydrogens is 254 g/mol. The number of rotatable bonds is 5. The van der Waals surface area contributed by atoms with E-state index in [0.717, 1.165) is 38.0 Å². The molecule has 19 heavy (non-hydrogen) atoms. The van der Waals surface area contributed by atoms with Crippen LogP contribution in [-0.2, 0) is 6.54 Å². The van der Waals surface area contributed by atoms with Gasteiger partial charge in [-0.05, 0) is 24.3 Å². The minimum Gasteiger partial charge on any atom is -0.348 e. The van der Waals surface area contributed by atoms with E-state index in [1.54, 1.807) is 0 Å². The molecule has 0 bridgehead atoms. The zero-order valence-corrected chi connectivity index (χ0v) is 13.7. The van der Waals surface area contributed by atoms with E-state index in [9.17, 15) is 0 Å². The zero-order chi connectivity index (χ0) is 14.0. The highest BCUT2D eigenvalue weighted by Crippen LogP contribution is 2.34. The maximum absolute atomic E-state index is 4.92. The molecule has 1 aromatic heterocycles. The molecule has 3 nitrogen and oxygen atoms in total. The number of aromatic nitrogens is 1. The normalized spacial score (nSPS) is 23.6. The molecule has 2 atom stereocenters. The second-order valence-electron chi connectivity index (χ2n) is 6.10. The first kappa shape index (κ1) is 14.8. The topological polar surface area (TPSA) is 28.2 Å². The molecule has 108 valence electrons. The summed E-state index contributed by atoms with van der Waals surface area (Å²) in [7, 11) is 0. The van der Waals surface area contributed by atoms with Gasteiger partial charge in [0.25, 0.3) is 0 Å². The fraction of sp³-hybridized carbons (Fsp3) is 0.800. The molecular formula is C15H27N3S. The molecule has 2 rings (SSSR count). The van der Waals surface area contributed by atoms with Crippen LogP contribution in [0.4, 0.5) is 5.13 Å². The van der Waals surface area contributed by atoms with Crippen LogP contribution in [0.15, 0.2) is 0 Å². The lowest BCUT2D eigenvalue weighted by Crippen LogP contribution is -2.19. The minimum atomic E-state index is 0.510. The summed E-state index contributed by atoms with van der Waals surface area (Å²) in [6, 6.07) is 0. The molecule has 1 aliphatic rings. The van der Waals surface area contributed by atoms with E-state index in [1.807, 2.05) is 11.3 Å². The summed E-state index contributed by atoms with van der Waals surface area (Å²) >= 11 is 1.88. The highest BCUT2D eigenvalue weighted by molar-refractivity contribution is 7.15. The number of nitrogens with one attached hydrogen (secondary N) is 1. The van der Waals surface area contributed by atoms with Gasteiger partial charge in [-0.3, -0.25) is 0 Å². The summed E-state index contributed by atoms with van der Waals surface area (Å²) in [4.78, 5) is 8.81. The molecule has 2 unspecified atom stereocenters. The third-order valence-corrected chi connectivity index (χ3v) is 5.19. The maximum atomic E-state index is 4.92. The number of nitrogens with zero attached hydrogens (tertiary/aromatic N) is 2. The van der Waals surface area contributed by atoms with Gasteiger partial charge in [0.05, 0.1) is 5.69 Å². The molecule has 0 aliphatic carbocycles. The number of thiazole rings is 1. The first-order chi connectivity index (χ1) is 9.02. The molecule has 1 N–H and O–H groups in total. The second-order valence-corrected chi connectivity index (χ2v) is 7.16. The average Bonchev–Trinajstić information content (AvgIpc) is 2.91. The van der Waals surface area contributed by atoms with Crippen molar-refractivity contribution in [3.63, 3.8) is 0 Å². The van der Waals surface area contributed by atoms with Gasteiger partial charge in [-0.15, -0.1) is 11.3 Å². The minimum absolute atomic E-state index is 0.510. The quantitative estimate of drug-likeness (QED) is 0.896. The number of hydrogen-bond donors (Lipinski definition) is 1. The van der Waals surface area contributed by atoms with Crippen LogP contribution in [0.25, 0.3) is 0 Å². The Bertz CT molecular complexity index is 404. The van der Waals surface area contributed by atoms with E-state index in [-0.39, 0.29) is 0 Å². The van der Waals surface area contributed by atoms with E-state index in [0.29, 0.717) is 5.92 Å². The summed E-state index contributed by atoms with van der Waals surface area (Å²) in [5.41, 5.74) is 1.29. The Morgan fingerprint density at radius 1 is 1.32 bits per heavy atom. The van der Waals surface area contributed by atoms with Crippen LogP contribution in [-0.4, -0.2) is 24.6 Å². The van der Waals surface area contributed by atoms with E-state index >= 15 is 0 Å². The molecule has 1 aliphatic heterocycles. The van der Waals surface area contributed by atoms with Gasteiger partial charge in [-0.2, -0.15) is 0 Å². The monoisotopic (exact) mass is 281 g/mol. The van der Waals surface area contributed by atoms with Crippen molar-refractivity contribution in [1.82, 2.24) is 10.3 Å². The summed E-state index contributed by atoms with van der Waals surface area (Å²) in [6.07, 6.45) is 0. The van der Waals surface area contributed by atoms with Crippen LogP contribution in [0.2, 0.25) is 0 Å². The summed E-state index contributed by atoms with van der Waals surface area (Å²) in [5, 5.41) is 4.66. The Labute approximate surface area is 121 Å². The highest BCUT2D eigenvalue weighted by atomic mass is 32.1. The molecule has 0 amide bonds. The molecule has 1 fully saturated rings. The van der Waals surface area contributed by atoms with Crippen molar-refractivity contribution < 1.29 is 0 Å². The van der Waals surface area contributed by atoms with E-state index in [1.165, 1.54) is 15.7 Å². The fourth-order valence-electron chi connectivity index (χ4n) is 2.59. The third-order valence-electron chi connectivity index (χ3n) is 4.06. The first-order valence-corrected chi connectivity index (χ1v) is 8.29. The largest absolute Gasteiger partial charge is 0.348 e. The predicted octanol–water partition coefficient (Wildman–Crippen LogP) is 3.47. The van der Waals surface area contributed by atoms with Crippen molar-refractivity contribution in [2.24, 2.45) is 11.8 Å². The van der Waals surface area contributed by atoms with Gasteiger partial charge in [0, 0.05) is 24.5 Å². The average molecular weight is 281 g/mol. The summed E-state index contributed by atoms with van der Waals surface area (Å²) < 4.78 is 0. The molecule has 1 saturated heterocycles. The standard InChI is InChI=1S/C15H27N3S/c1-6-16-7-13-14(10(2)3)17-15(19-13)18-8-11(4)12(5)9-18/h10-12,16H,6-9H2,1-5H3. The Kier molecular flexibility index (Phi) is 4.85. The molecule has 2 heterocycles. The van der Waals surface area contributed by atoms with Crippen molar-refractivity contribution in [1.29, 1.82) is 0 Å². The fourth-order valence-corrected chi connectivity index (χ4v) is 3.79. The Hall–Kier alpha value is -0.610. The van der Waals surface area contributed by atoms with Gasteiger partial charge in [-0.25, -0.2) is 4.98 Å². The molecule has 1 aromatic rings. The van der Waals surface area contributed by atoms with Gasteiger partial charge in [-0.1, -0.05) is 34.6 Å². The van der Waals surface area contributed by atoms with Crippen LogP contribution in [0, 0.1) is 11.8 Å². The molecule has 0 aromatic carbocycles. The third kappa shape index (κ3) is 3.29. The Morgan fingerprint density at radius 2 is 1.95 bits per heavy atom. The lowest BCUT2D eigenvalue weighted by molar-refractivity contribution is 0.494. The summed E-state index contributed by atoms with van der Waals surface area (Å²) in [6.45, 7) is 15.6. The zero-order valence-electron chi connectivity index (χ0n) is 12.9. The summed E-state index contributed by atoms with van der Waals surface area (Å²) in [5.74, 6) is 2.07. The van der Waals surface area contributed by atoms with Crippen LogP contribution in [0.1, 0.15) is 51.1 Å². The first-order valence-electron chi connectivity index (χ1n) is 7.48. The molecule has 0 saturated carbocycles. The van der Waals surface area contributed by atoms with Gasteiger partial charge < -0.3 is 10.2 Å². The SMILES string of the molecule is CCNCc1sc(N2CC(C)C(C)C2)nc1C(C)C. The van der Waals surface area contributed by atoms with Crippen molar-refractivity contribution in [3.05, 3.63) is 10.6 Å². The van der Waals surface area contributed by atoms with Crippen LogP contribution >= 0.6 is 11.3 Å². The van der Waals surface area contributed by atoms with Crippen molar-refractivity contribution >= 4 is 16.5 Å². The van der Waals surface area contributed by atoms with Gasteiger partial charge in [0.15, 0.2) is 5.13 Å². The lowest BCUT2D eigenvalue weighted by Gasteiger charge is -2.13. The van der Waals surface area contributed by atoms with Crippen LogP contribution in [0.3, 0.4) is 0 Å². The second kappa shape index (κ2) is 6.23. The number of anilines is 1. The Balaban J connectivity index is 2.17. The van der Waals surface area contributed by atoms with Crippen LogP contribution < -0.4 is 10.2 Å². The Morgan fingerprint density at radius 3 is 2.47 bits per heavy atom.